The van der Waals surface area contributed by atoms with E-state index in [9.17, 15) is 4.79 Å². The molecular formula is C23H18N2O. The largest absolute Gasteiger partial charge is 0.324 e. The molecule has 0 aliphatic rings. The van der Waals surface area contributed by atoms with Gasteiger partial charge in [-0.25, -0.2) is 0 Å². The van der Waals surface area contributed by atoms with Crippen LogP contribution >= 0.6 is 0 Å². The molecule has 1 N–H and O–H groups in total. The summed E-state index contributed by atoms with van der Waals surface area (Å²) in [5, 5.41) is 4.02. The number of amides is 1. The molecule has 0 radical (unpaired) electrons. The number of pyridine rings is 1. The van der Waals surface area contributed by atoms with Crippen molar-refractivity contribution in [1.29, 1.82) is 0 Å². The lowest BCUT2D eigenvalue weighted by Gasteiger charge is -2.11. The van der Waals surface area contributed by atoms with E-state index in [2.05, 4.69) is 28.5 Å². The van der Waals surface area contributed by atoms with Crippen molar-refractivity contribution in [2.24, 2.45) is 0 Å². The molecule has 0 saturated heterocycles. The normalized spacial score (nSPS) is 10.6. The molecule has 0 unspecified atom stereocenters. The van der Waals surface area contributed by atoms with Gasteiger partial charge in [-0.2, -0.15) is 0 Å². The van der Waals surface area contributed by atoms with Crippen molar-refractivity contribution in [2.45, 2.75) is 6.42 Å². The van der Waals surface area contributed by atoms with Crippen LogP contribution in [0.15, 0.2) is 91.1 Å². The third-order valence-corrected chi connectivity index (χ3v) is 4.36. The van der Waals surface area contributed by atoms with Gasteiger partial charge in [0, 0.05) is 11.6 Å². The predicted molar refractivity (Wildman–Crippen MR) is 106 cm³/mol. The first-order chi connectivity index (χ1) is 12.8. The van der Waals surface area contributed by atoms with Crippen molar-refractivity contribution in [3.63, 3.8) is 0 Å². The van der Waals surface area contributed by atoms with Gasteiger partial charge in [-0.1, -0.05) is 72.8 Å². The van der Waals surface area contributed by atoms with E-state index in [1.807, 2.05) is 66.7 Å². The van der Waals surface area contributed by atoms with Crippen molar-refractivity contribution in [3.8, 4) is 11.1 Å². The number of anilines is 1. The Balaban J connectivity index is 1.60. The number of rotatable bonds is 4. The number of carbonyl (C=O) groups excluding carboxylic acids is 1. The second-order valence-electron chi connectivity index (χ2n) is 6.13. The number of fused-ring (bicyclic) bond motifs is 1. The van der Waals surface area contributed by atoms with Crippen LogP contribution in [0.25, 0.3) is 22.0 Å². The molecule has 0 saturated carbocycles. The average molecular weight is 338 g/mol. The highest BCUT2D eigenvalue weighted by molar-refractivity contribution is 6.01. The molecular weight excluding hydrogens is 320 g/mol. The molecule has 0 aliphatic carbocycles. The summed E-state index contributed by atoms with van der Waals surface area (Å²) < 4.78 is 0. The highest BCUT2D eigenvalue weighted by atomic mass is 16.1. The van der Waals surface area contributed by atoms with Crippen LogP contribution in [-0.4, -0.2) is 10.9 Å². The van der Waals surface area contributed by atoms with Crippen LogP contribution in [0.4, 0.5) is 5.69 Å². The third kappa shape index (κ3) is 3.33. The average Bonchev–Trinajstić information content (AvgIpc) is 2.69. The summed E-state index contributed by atoms with van der Waals surface area (Å²) in [4.78, 5) is 17.1. The van der Waals surface area contributed by atoms with E-state index in [0.717, 1.165) is 33.3 Å². The SMILES string of the molecule is O=C(Cc1ccccc1-c1ccccc1)Nc1cccc2cccnc12. The van der Waals surface area contributed by atoms with Gasteiger partial charge in [0.05, 0.1) is 17.6 Å². The van der Waals surface area contributed by atoms with E-state index in [-0.39, 0.29) is 5.91 Å². The summed E-state index contributed by atoms with van der Waals surface area (Å²) in [5.74, 6) is -0.0495. The number of aromatic nitrogens is 1. The van der Waals surface area contributed by atoms with Gasteiger partial charge in [0.1, 0.15) is 0 Å². The highest BCUT2D eigenvalue weighted by Gasteiger charge is 2.11. The zero-order valence-electron chi connectivity index (χ0n) is 14.2. The van der Waals surface area contributed by atoms with Crippen LogP contribution < -0.4 is 5.32 Å². The highest BCUT2D eigenvalue weighted by Crippen LogP contribution is 2.25. The molecule has 1 aromatic heterocycles. The lowest BCUT2D eigenvalue weighted by molar-refractivity contribution is -0.115. The molecule has 0 atom stereocenters. The molecule has 26 heavy (non-hydrogen) atoms. The molecule has 1 heterocycles. The quantitative estimate of drug-likeness (QED) is 0.563. The van der Waals surface area contributed by atoms with E-state index in [4.69, 9.17) is 0 Å². The Kier molecular flexibility index (Phi) is 4.44. The second kappa shape index (κ2) is 7.19. The Morgan fingerprint density at radius 3 is 2.46 bits per heavy atom. The lowest BCUT2D eigenvalue weighted by atomic mass is 9.97. The number of carbonyl (C=O) groups is 1. The molecule has 4 rings (SSSR count). The number of benzene rings is 3. The zero-order valence-corrected chi connectivity index (χ0v) is 14.2. The molecule has 0 fully saturated rings. The number of nitrogens with one attached hydrogen (secondary N) is 1. The van der Waals surface area contributed by atoms with Crippen LogP contribution in [0.3, 0.4) is 0 Å². The fourth-order valence-electron chi connectivity index (χ4n) is 3.15. The summed E-state index contributed by atoms with van der Waals surface area (Å²) >= 11 is 0. The number of nitrogens with zero attached hydrogens (tertiary/aromatic N) is 1. The topological polar surface area (TPSA) is 42.0 Å². The first-order valence-corrected chi connectivity index (χ1v) is 8.58. The maximum atomic E-state index is 12.7. The first-order valence-electron chi connectivity index (χ1n) is 8.58. The molecule has 0 spiro atoms. The summed E-state index contributed by atoms with van der Waals surface area (Å²) in [6, 6.07) is 27.8. The zero-order chi connectivity index (χ0) is 17.8. The summed E-state index contributed by atoms with van der Waals surface area (Å²) in [7, 11) is 0. The summed E-state index contributed by atoms with van der Waals surface area (Å²) in [5.41, 5.74) is 4.75. The van der Waals surface area contributed by atoms with E-state index < -0.39 is 0 Å². The molecule has 4 aromatic rings. The minimum Gasteiger partial charge on any atom is -0.324 e. The fourth-order valence-corrected chi connectivity index (χ4v) is 3.15. The second-order valence-corrected chi connectivity index (χ2v) is 6.13. The molecule has 1 amide bonds. The number of para-hydroxylation sites is 1. The molecule has 3 nitrogen and oxygen atoms in total. The smallest absolute Gasteiger partial charge is 0.228 e. The fraction of sp³-hybridized carbons (Fsp3) is 0.0435. The molecule has 126 valence electrons. The van der Waals surface area contributed by atoms with Crippen molar-refractivity contribution < 1.29 is 4.79 Å². The van der Waals surface area contributed by atoms with Crippen molar-refractivity contribution in [1.82, 2.24) is 4.98 Å². The van der Waals surface area contributed by atoms with Gasteiger partial charge in [-0.15, -0.1) is 0 Å². The molecule has 3 aromatic carbocycles. The number of hydrogen-bond donors (Lipinski definition) is 1. The van der Waals surface area contributed by atoms with Gasteiger partial charge in [-0.3, -0.25) is 9.78 Å². The van der Waals surface area contributed by atoms with Gasteiger partial charge in [0.25, 0.3) is 0 Å². The van der Waals surface area contributed by atoms with Crippen LogP contribution in [0.1, 0.15) is 5.56 Å². The van der Waals surface area contributed by atoms with E-state index in [1.54, 1.807) is 6.20 Å². The monoisotopic (exact) mass is 338 g/mol. The van der Waals surface area contributed by atoms with Crippen LogP contribution in [0.5, 0.6) is 0 Å². The Bertz CT molecular complexity index is 1050. The minimum absolute atomic E-state index is 0.0495. The van der Waals surface area contributed by atoms with Gasteiger partial charge < -0.3 is 5.32 Å². The van der Waals surface area contributed by atoms with Gasteiger partial charge in [0.15, 0.2) is 0 Å². The lowest BCUT2D eigenvalue weighted by Crippen LogP contribution is -2.15. The Labute approximate surface area is 152 Å². The summed E-state index contributed by atoms with van der Waals surface area (Å²) in [6.07, 6.45) is 2.05. The standard InChI is InChI=1S/C23H18N2O/c26-22(25-21-14-6-11-18-12-7-15-24-23(18)21)16-19-10-4-5-13-20(19)17-8-2-1-3-9-17/h1-15H,16H2,(H,25,26). The van der Waals surface area contributed by atoms with Crippen molar-refractivity contribution in [2.75, 3.05) is 5.32 Å². The first kappa shape index (κ1) is 16.0. The van der Waals surface area contributed by atoms with Crippen LogP contribution in [0.2, 0.25) is 0 Å². The van der Waals surface area contributed by atoms with Gasteiger partial charge in [0.2, 0.25) is 5.91 Å². The molecule has 0 bridgehead atoms. The summed E-state index contributed by atoms with van der Waals surface area (Å²) in [6.45, 7) is 0. The maximum absolute atomic E-state index is 12.7. The molecule has 3 heteroatoms. The Morgan fingerprint density at radius 1 is 0.808 bits per heavy atom. The van der Waals surface area contributed by atoms with Crippen molar-refractivity contribution >= 4 is 22.5 Å². The van der Waals surface area contributed by atoms with Gasteiger partial charge in [-0.05, 0) is 28.8 Å². The van der Waals surface area contributed by atoms with E-state index in [0.29, 0.717) is 6.42 Å². The Morgan fingerprint density at radius 2 is 1.58 bits per heavy atom. The predicted octanol–water partition coefficient (Wildman–Crippen LogP) is 5.08. The van der Waals surface area contributed by atoms with E-state index >= 15 is 0 Å². The van der Waals surface area contributed by atoms with Crippen molar-refractivity contribution in [3.05, 3.63) is 96.7 Å². The minimum atomic E-state index is -0.0495. The third-order valence-electron chi connectivity index (χ3n) is 4.36. The Hall–Kier alpha value is -3.46. The van der Waals surface area contributed by atoms with Gasteiger partial charge >= 0.3 is 0 Å². The maximum Gasteiger partial charge on any atom is 0.228 e. The molecule has 0 aliphatic heterocycles. The number of hydrogen-bond acceptors (Lipinski definition) is 2. The van der Waals surface area contributed by atoms with E-state index in [1.165, 1.54) is 0 Å². The van der Waals surface area contributed by atoms with Crippen LogP contribution in [0, 0.1) is 0 Å². The van der Waals surface area contributed by atoms with Crippen LogP contribution in [-0.2, 0) is 11.2 Å².